The molecule has 0 aromatic heterocycles. The number of phenols is 1. The molecule has 0 aliphatic heterocycles. The van der Waals surface area contributed by atoms with Crippen molar-refractivity contribution in [2.45, 2.75) is 58.3 Å². The topological polar surface area (TPSA) is 134 Å². The van der Waals surface area contributed by atoms with Gasteiger partial charge in [-0.3, -0.25) is 10.1 Å². The molecule has 0 atom stereocenters. The molecular formula is C32H44N2O7. The van der Waals surface area contributed by atoms with Gasteiger partial charge in [-0.05, 0) is 69.6 Å². The number of aromatic carboxylic acids is 1. The lowest BCUT2D eigenvalue weighted by Crippen LogP contribution is -2.31. The zero-order valence-electron chi connectivity index (χ0n) is 23.9. The van der Waals surface area contributed by atoms with Crippen molar-refractivity contribution in [1.29, 1.82) is 0 Å². The fourth-order valence-corrected chi connectivity index (χ4v) is 3.32. The molecule has 0 aliphatic carbocycles. The zero-order chi connectivity index (χ0) is 30.0. The lowest BCUT2D eigenvalue weighted by Gasteiger charge is -2.09. The zero-order valence-corrected chi connectivity index (χ0v) is 23.9. The standard InChI is InChI=1S/C32H44N2O7/c1-2-3-4-5-6-7-8-9-10-11-12-13-14-15-16-17-18-19-23-40-26-30(36)33-22-24-41-32(39)34-27-20-21-29(35)28(25-27)31(37)38/h3-4,6-7,9-10,12-13,15-16,20-21,25,35H,2,5,8,11,14,17-19,22-24,26H2,1H3,(H,33,36)(H,34,39)(H,37,38)/b4-3-,7-6-,10-9-,13-12-,16-15-. The quantitative estimate of drug-likeness (QED) is 0.0737. The minimum absolute atomic E-state index is 0.0701. The second-order valence-corrected chi connectivity index (χ2v) is 8.90. The lowest BCUT2D eigenvalue weighted by atomic mass is 10.2. The van der Waals surface area contributed by atoms with E-state index in [0.29, 0.717) is 6.61 Å². The van der Waals surface area contributed by atoms with E-state index in [1.54, 1.807) is 0 Å². The Morgan fingerprint density at radius 1 is 0.829 bits per heavy atom. The number of carboxylic acids is 1. The monoisotopic (exact) mass is 568 g/mol. The molecule has 0 fully saturated rings. The molecule has 0 saturated heterocycles. The molecule has 0 bridgehead atoms. The van der Waals surface area contributed by atoms with Crippen LogP contribution in [0.5, 0.6) is 5.75 Å². The predicted molar refractivity (Wildman–Crippen MR) is 162 cm³/mol. The summed E-state index contributed by atoms with van der Waals surface area (Å²) < 4.78 is 10.3. The first kappa shape index (κ1) is 34.9. The first-order chi connectivity index (χ1) is 19.9. The first-order valence-electron chi connectivity index (χ1n) is 14.0. The van der Waals surface area contributed by atoms with Crippen LogP contribution >= 0.6 is 0 Å². The van der Waals surface area contributed by atoms with E-state index in [1.807, 2.05) is 0 Å². The summed E-state index contributed by atoms with van der Waals surface area (Å²) in [5, 5.41) is 23.4. The van der Waals surface area contributed by atoms with E-state index in [0.717, 1.165) is 63.5 Å². The summed E-state index contributed by atoms with van der Waals surface area (Å²) >= 11 is 0. The SMILES string of the molecule is CC/C=C\C/C=C\C/C=C\C/C=C\C/C=C\CCCCOCC(=O)NCCOC(=O)Nc1ccc(O)c(C(=O)O)c1. The van der Waals surface area contributed by atoms with Gasteiger partial charge in [0.15, 0.2) is 0 Å². The molecule has 1 rings (SSSR count). The van der Waals surface area contributed by atoms with Gasteiger partial charge >= 0.3 is 12.1 Å². The summed E-state index contributed by atoms with van der Waals surface area (Å²) in [5.74, 6) is -2.04. The van der Waals surface area contributed by atoms with Crippen molar-refractivity contribution in [2.75, 3.05) is 31.7 Å². The van der Waals surface area contributed by atoms with E-state index >= 15 is 0 Å². The molecule has 224 valence electrons. The van der Waals surface area contributed by atoms with E-state index < -0.39 is 17.8 Å². The van der Waals surface area contributed by atoms with Crippen LogP contribution in [0.2, 0.25) is 0 Å². The van der Waals surface area contributed by atoms with Crippen molar-refractivity contribution in [3.05, 3.63) is 84.5 Å². The minimum atomic E-state index is -1.32. The molecule has 0 saturated carbocycles. The Kier molecular flexibility index (Phi) is 20.2. The Hall–Kier alpha value is -4.11. The maximum atomic E-state index is 11.8. The van der Waals surface area contributed by atoms with Crippen molar-refractivity contribution < 1.29 is 34.1 Å². The van der Waals surface area contributed by atoms with E-state index in [4.69, 9.17) is 14.6 Å². The van der Waals surface area contributed by atoms with Gasteiger partial charge in [-0.25, -0.2) is 9.59 Å². The number of hydrogen-bond acceptors (Lipinski definition) is 6. The van der Waals surface area contributed by atoms with Crippen LogP contribution in [0.15, 0.2) is 79.0 Å². The molecule has 0 spiro atoms. The van der Waals surface area contributed by atoms with E-state index in [2.05, 4.69) is 78.3 Å². The summed E-state index contributed by atoms with van der Waals surface area (Å²) in [7, 11) is 0. The third kappa shape index (κ3) is 19.6. The highest BCUT2D eigenvalue weighted by molar-refractivity contribution is 5.93. The number of carbonyl (C=O) groups is 3. The molecule has 0 unspecified atom stereocenters. The average molecular weight is 569 g/mol. The Balaban J connectivity index is 1.97. The minimum Gasteiger partial charge on any atom is -0.507 e. The van der Waals surface area contributed by atoms with E-state index in [-0.39, 0.29) is 36.9 Å². The number of unbranched alkanes of at least 4 members (excludes halogenated alkanes) is 2. The summed E-state index contributed by atoms with van der Waals surface area (Å²) in [6.45, 7) is 2.59. The molecular weight excluding hydrogens is 524 g/mol. The molecule has 0 aliphatic rings. The van der Waals surface area contributed by atoms with Crippen LogP contribution in [0.25, 0.3) is 0 Å². The molecule has 2 amide bonds. The fourth-order valence-electron chi connectivity index (χ4n) is 3.32. The Bertz CT molecular complexity index is 1060. The number of allylic oxidation sites excluding steroid dienone is 10. The second kappa shape index (κ2) is 23.7. The number of rotatable bonds is 21. The number of hydrogen-bond donors (Lipinski definition) is 4. The van der Waals surface area contributed by atoms with Gasteiger partial charge in [0.25, 0.3) is 0 Å². The van der Waals surface area contributed by atoms with Gasteiger partial charge < -0.3 is 25.0 Å². The van der Waals surface area contributed by atoms with Gasteiger partial charge in [-0.1, -0.05) is 67.7 Å². The van der Waals surface area contributed by atoms with Gasteiger partial charge in [0.1, 0.15) is 24.5 Å². The van der Waals surface area contributed by atoms with Gasteiger partial charge in [0.2, 0.25) is 5.91 Å². The van der Waals surface area contributed by atoms with Crippen molar-refractivity contribution in [3.63, 3.8) is 0 Å². The molecule has 41 heavy (non-hydrogen) atoms. The molecule has 9 nitrogen and oxygen atoms in total. The highest BCUT2D eigenvalue weighted by atomic mass is 16.5. The van der Waals surface area contributed by atoms with Crippen molar-refractivity contribution >= 4 is 23.7 Å². The Morgan fingerprint density at radius 2 is 1.44 bits per heavy atom. The van der Waals surface area contributed by atoms with Crippen LogP contribution in [0.4, 0.5) is 10.5 Å². The van der Waals surface area contributed by atoms with Crippen LogP contribution in [0.1, 0.15) is 68.6 Å². The highest BCUT2D eigenvalue weighted by Gasteiger charge is 2.12. The highest BCUT2D eigenvalue weighted by Crippen LogP contribution is 2.21. The molecule has 1 aromatic rings. The molecule has 4 N–H and O–H groups in total. The number of aromatic hydroxyl groups is 1. The number of anilines is 1. The predicted octanol–water partition coefficient (Wildman–Crippen LogP) is 6.69. The summed E-state index contributed by atoms with van der Waals surface area (Å²) in [6.07, 6.45) is 28.7. The van der Waals surface area contributed by atoms with Gasteiger partial charge in [-0.15, -0.1) is 0 Å². The maximum Gasteiger partial charge on any atom is 0.411 e. The summed E-state index contributed by atoms with van der Waals surface area (Å²) in [5.41, 5.74) is -0.187. The maximum absolute atomic E-state index is 11.8. The third-order valence-electron chi connectivity index (χ3n) is 5.43. The number of benzene rings is 1. The summed E-state index contributed by atoms with van der Waals surface area (Å²) in [4.78, 5) is 34.6. The van der Waals surface area contributed by atoms with Gasteiger partial charge in [-0.2, -0.15) is 0 Å². The fraction of sp³-hybridized carbons (Fsp3) is 0.406. The smallest absolute Gasteiger partial charge is 0.411 e. The lowest BCUT2D eigenvalue weighted by molar-refractivity contribution is -0.125. The van der Waals surface area contributed by atoms with Crippen LogP contribution in [-0.2, 0) is 14.3 Å². The summed E-state index contributed by atoms with van der Waals surface area (Å²) in [6, 6.07) is 3.61. The largest absolute Gasteiger partial charge is 0.507 e. The van der Waals surface area contributed by atoms with E-state index in [9.17, 15) is 19.5 Å². The first-order valence-corrected chi connectivity index (χ1v) is 14.0. The number of nitrogens with one attached hydrogen (secondary N) is 2. The van der Waals surface area contributed by atoms with Crippen LogP contribution in [0.3, 0.4) is 0 Å². The normalized spacial score (nSPS) is 11.8. The second-order valence-electron chi connectivity index (χ2n) is 8.90. The van der Waals surface area contributed by atoms with Crippen molar-refractivity contribution in [1.82, 2.24) is 5.32 Å². The number of carboxylic acid groups (broad SMARTS) is 1. The number of carbonyl (C=O) groups excluding carboxylic acids is 2. The molecule has 9 heteroatoms. The van der Waals surface area contributed by atoms with Crippen molar-refractivity contribution in [3.8, 4) is 5.75 Å². The van der Waals surface area contributed by atoms with Crippen LogP contribution in [0, 0.1) is 0 Å². The van der Waals surface area contributed by atoms with Gasteiger partial charge in [0.05, 0.1) is 6.54 Å². The van der Waals surface area contributed by atoms with Crippen molar-refractivity contribution in [2.24, 2.45) is 0 Å². The molecule has 1 aromatic carbocycles. The molecule has 0 radical (unpaired) electrons. The van der Waals surface area contributed by atoms with Crippen LogP contribution in [-0.4, -0.2) is 54.5 Å². The third-order valence-corrected chi connectivity index (χ3v) is 5.43. The number of ether oxygens (including phenoxy) is 2. The number of amides is 2. The van der Waals surface area contributed by atoms with Crippen LogP contribution < -0.4 is 10.6 Å². The Morgan fingerprint density at radius 3 is 2.05 bits per heavy atom. The van der Waals surface area contributed by atoms with E-state index in [1.165, 1.54) is 6.07 Å². The molecule has 0 heterocycles. The Labute approximate surface area is 243 Å². The van der Waals surface area contributed by atoms with Gasteiger partial charge in [0, 0.05) is 12.3 Å². The average Bonchev–Trinajstić information content (AvgIpc) is 2.95.